The van der Waals surface area contributed by atoms with Gasteiger partial charge in [0, 0.05) is 0 Å². The minimum atomic E-state index is -4.58. The van der Waals surface area contributed by atoms with Gasteiger partial charge in [-0.15, -0.1) is 0 Å². The van der Waals surface area contributed by atoms with E-state index in [0.717, 1.165) is 23.8 Å². The number of halogens is 4. The maximum absolute atomic E-state index is 12.8. The number of hydrogen-bond acceptors (Lipinski definition) is 3. The first kappa shape index (κ1) is 22.7. The summed E-state index contributed by atoms with van der Waals surface area (Å²) >= 11 is 5.86. The smallest absolute Gasteiger partial charge is 0.416 e. The topological polar surface area (TPSA) is 55.4 Å². The van der Waals surface area contributed by atoms with Crippen molar-refractivity contribution in [1.82, 2.24) is 0 Å². The average molecular weight is 428 g/mol. The van der Waals surface area contributed by atoms with Crippen LogP contribution in [0.25, 0.3) is 0 Å². The zero-order chi connectivity index (χ0) is 22.0. The molecule has 4 nitrogen and oxygen atoms in total. The van der Waals surface area contributed by atoms with Gasteiger partial charge >= 0.3 is 12.1 Å². The zero-order valence-electron chi connectivity index (χ0n) is 16.4. The fraction of sp³-hybridized carbons (Fsp3) is 0.333. The monoisotopic (exact) mass is 427 g/mol. The average Bonchev–Trinajstić information content (AvgIpc) is 2.61. The molecular weight excluding hydrogens is 407 g/mol. The molecule has 0 saturated heterocycles. The van der Waals surface area contributed by atoms with Crippen LogP contribution >= 0.6 is 11.6 Å². The Hall–Kier alpha value is -2.54. The van der Waals surface area contributed by atoms with E-state index in [-0.39, 0.29) is 21.7 Å². The summed E-state index contributed by atoms with van der Waals surface area (Å²) in [6.45, 7) is 7.42. The quantitative estimate of drug-likeness (QED) is 0.623. The molecule has 1 N–H and O–H groups in total. The lowest BCUT2D eigenvalue weighted by atomic mass is 9.87. The fourth-order valence-electron chi connectivity index (χ4n) is 2.42. The molecule has 0 unspecified atom stereocenters. The number of esters is 1. The Balaban J connectivity index is 2.06. The normalized spacial score (nSPS) is 13.0. The SMILES string of the molecule is C[C@H](OC(=O)c1ccc(C(C)(C)C)cc1)C(=O)Nc1cc(C(F)(F)F)ccc1Cl. The van der Waals surface area contributed by atoms with Crippen LogP contribution in [-0.2, 0) is 21.1 Å². The van der Waals surface area contributed by atoms with Crippen molar-refractivity contribution >= 4 is 29.2 Å². The molecule has 2 aromatic rings. The Bertz CT molecular complexity index is 903. The first-order valence-corrected chi connectivity index (χ1v) is 9.16. The Labute approximate surface area is 172 Å². The Morgan fingerprint density at radius 2 is 1.55 bits per heavy atom. The summed E-state index contributed by atoms with van der Waals surface area (Å²) in [4.78, 5) is 24.5. The lowest BCUT2D eigenvalue weighted by Crippen LogP contribution is -2.30. The van der Waals surface area contributed by atoms with Crippen LogP contribution in [0.4, 0.5) is 18.9 Å². The van der Waals surface area contributed by atoms with Crippen LogP contribution in [0.1, 0.15) is 49.2 Å². The third-order valence-corrected chi connectivity index (χ3v) is 4.52. The molecule has 2 rings (SSSR count). The number of carbonyl (C=O) groups is 2. The van der Waals surface area contributed by atoms with E-state index in [1.165, 1.54) is 6.92 Å². The molecule has 0 radical (unpaired) electrons. The first-order valence-electron chi connectivity index (χ1n) is 8.78. The van der Waals surface area contributed by atoms with E-state index >= 15 is 0 Å². The van der Waals surface area contributed by atoms with Gasteiger partial charge in [-0.2, -0.15) is 13.2 Å². The molecule has 0 heterocycles. The van der Waals surface area contributed by atoms with Crippen molar-refractivity contribution in [2.75, 3.05) is 5.32 Å². The molecule has 1 atom stereocenters. The molecule has 1 amide bonds. The van der Waals surface area contributed by atoms with Crippen LogP contribution in [-0.4, -0.2) is 18.0 Å². The van der Waals surface area contributed by atoms with Gasteiger partial charge in [-0.1, -0.05) is 44.5 Å². The highest BCUT2D eigenvalue weighted by Gasteiger charge is 2.31. The fourth-order valence-corrected chi connectivity index (χ4v) is 2.58. The van der Waals surface area contributed by atoms with E-state index in [0.29, 0.717) is 0 Å². The summed E-state index contributed by atoms with van der Waals surface area (Å²) in [5.41, 5.74) is 0.0262. The van der Waals surface area contributed by atoms with Gasteiger partial charge in [0.05, 0.1) is 21.8 Å². The lowest BCUT2D eigenvalue weighted by Gasteiger charge is -2.19. The molecule has 0 aromatic heterocycles. The maximum atomic E-state index is 12.8. The molecule has 8 heteroatoms. The number of alkyl halides is 3. The Morgan fingerprint density at radius 3 is 2.07 bits per heavy atom. The molecule has 2 aromatic carbocycles. The molecule has 0 saturated carbocycles. The summed E-state index contributed by atoms with van der Waals surface area (Å²) in [6, 6.07) is 9.35. The number of amides is 1. The van der Waals surface area contributed by atoms with Crippen molar-refractivity contribution < 1.29 is 27.5 Å². The Morgan fingerprint density at radius 1 is 1.00 bits per heavy atom. The summed E-state index contributed by atoms with van der Waals surface area (Å²) in [5.74, 6) is -1.52. The number of rotatable bonds is 4. The van der Waals surface area contributed by atoms with Gasteiger partial charge in [0.15, 0.2) is 6.10 Å². The Kier molecular flexibility index (Phi) is 6.63. The van der Waals surface area contributed by atoms with Gasteiger partial charge in [0.2, 0.25) is 0 Å². The number of ether oxygens (including phenoxy) is 1. The second kappa shape index (κ2) is 8.45. The van der Waals surface area contributed by atoms with E-state index in [1.54, 1.807) is 24.3 Å². The molecule has 29 heavy (non-hydrogen) atoms. The van der Waals surface area contributed by atoms with Crippen molar-refractivity contribution in [2.45, 2.75) is 45.4 Å². The van der Waals surface area contributed by atoms with Gasteiger partial charge < -0.3 is 10.1 Å². The van der Waals surface area contributed by atoms with E-state index in [4.69, 9.17) is 16.3 Å². The molecule has 156 valence electrons. The second-order valence-corrected chi connectivity index (χ2v) is 7.96. The molecule has 0 bridgehead atoms. The number of hydrogen-bond donors (Lipinski definition) is 1. The van der Waals surface area contributed by atoms with E-state index < -0.39 is 29.7 Å². The zero-order valence-corrected chi connectivity index (χ0v) is 17.1. The highest BCUT2D eigenvalue weighted by Crippen LogP contribution is 2.34. The summed E-state index contributed by atoms with van der Waals surface area (Å²) in [5, 5.41) is 2.19. The minimum absolute atomic E-state index is 0.0670. The standard InChI is InChI=1S/C21H21ClF3NO3/c1-12(29-19(28)13-5-7-14(8-6-13)20(2,3)4)18(27)26-17-11-15(21(23,24)25)9-10-16(17)22/h5-12H,1-4H3,(H,26,27)/t12-/m0/s1. The van der Waals surface area contributed by atoms with E-state index in [2.05, 4.69) is 5.32 Å². The second-order valence-electron chi connectivity index (χ2n) is 7.56. The molecule has 0 aliphatic rings. The number of anilines is 1. The predicted molar refractivity (Wildman–Crippen MR) is 105 cm³/mol. The molecular formula is C21H21ClF3NO3. The van der Waals surface area contributed by atoms with Crippen molar-refractivity contribution in [1.29, 1.82) is 0 Å². The van der Waals surface area contributed by atoms with Crippen LogP contribution in [0.3, 0.4) is 0 Å². The number of nitrogens with one attached hydrogen (secondary N) is 1. The third kappa shape index (κ3) is 5.97. The summed E-state index contributed by atoms with van der Waals surface area (Å²) in [7, 11) is 0. The largest absolute Gasteiger partial charge is 0.449 e. The highest BCUT2D eigenvalue weighted by molar-refractivity contribution is 6.33. The lowest BCUT2D eigenvalue weighted by molar-refractivity contribution is -0.137. The maximum Gasteiger partial charge on any atom is 0.416 e. The van der Waals surface area contributed by atoms with Crippen molar-refractivity contribution in [3.05, 3.63) is 64.2 Å². The molecule has 0 spiro atoms. The third-order valence-electron chi connectivity index (χ3n) is 4.19. The van der Waals surface area contributed by atoms with Gasteiger partial charge in [0.25, 0.3) is 5.91 Å². The molecule has 0 aliphatic carbocycles. The van der Waals surface area contributed by atoms with Gasteiger partial charge in [0.1, 0.15) is 0 Å². The van der Waals surface area contributed by atoms with Crippen molar-refractivity contribution in [3.8, 4) is 0 Å². The molecule has 0 fully saturated rings. The van der Waals surface area contributed by atoms with Gasteiger partial charge in [-0.3, -0.25) is 4.79 Å². The number of carbonyl (C=O) groups excluding carboxylic acids is 2. The first-order chi connectivity index (χ1) is 13.3. The van der Waals surface area contributed by atoms with Crippen LogP contribution in [0.2, 0.25) is 5.02 Å². The summed E-state index contributed by atoms with van der Waals surface area (Å²) in [6.07, 6.45) is -5.82. The van der Waals surface area contributed by atoms with Crippen molar-refractivity contribution in [2.24, 2.45) is 0 Å². The van der Waals surface area contributed by atoms with Gasteiger partial charge in [-0.05, 0) is 48.2 Å². The van der Waals surface area contributed by atoms with E-state index in [1.807, 2.05) is 20.8 Å². The summed E-state index contributed by atoms with van der Waals surface area (Å²) < 4.78 is 43.6. The van der Waals surface area contributed by atoms with E-state index in [9.17, 15) is 22.8 Å². The van der Waals surface area contributed by atoms with Crippen LogP contribution in [0.5, 0.6) is 0 Å². The van der Waals surface area contributed by atoms with Crippen LogP contribution in [0, 0.1) is 0 Å². The number of benzene rings is 2. The van der Waals surface area contributed by atoms with Gasteiger partial charge in [-0.25, -0.2) is 4.79 Å². The van der Waals surface area contributed by atoms with Crippen LogP contribution < -0.4 is 5.32 Å². The highest BCUT2D eigenvalue weighted by atomic mass is 35.5. The van der Waals surface area contributed by atoms with Crippen LogP contribution in [0.15, 0.2) is 42.5 Å². The van der Waals surface area contributed by atoms with Crippen molar-refractivity contribution in [3.63, 3.8) is 0 Å². The minimum Gasteiger partial charge on any atom is -0.449 e. The molecule has 0 aliphatic heterocycles. The predicted octanol–water partition coefficient (Wildman–Crippen LogP) is 5.84.